The van der Waals surface area contributed by atoms with Gasteiger partial charge in [0, 0.05) is 22.4 Å². The summed E-state index contributed by atoms with van der Waals surface area (Å²) >= 11 is 7.66. The third-order valence-electron chi connectivity index (χ3n) is 4.75. The minimum atomic E-state index is -3.32. The van der Waals surface area contributed by atoms with Gasteiger partial charge in [-0.3, -0.25) is 9.10 Å². The molecule has 9 heteroatoms. The fourth-order valence-corrected chi connectivity index (χ4v) is 5.87. The van der Waals surface area contributed by atoms with Crippen LogP contribution in [0.1, 0.15) is 11.3 Å². The highest BCUT2D eigenvalue weighted by Crippen LogP contribution is 2.32. The molecule has 5 nitrogen and oxygen atoms in total. The Labute approximate surface area is 188 Å². The van der Waals surface area contributed by atoms with Gasteiger partial charge < -0.3 is 5.32 Å². The highest BCUT2D eigenvalue weighted by atomic mass is 35.5. The number of nitrogens with one attached hydrogen (secondary N) is 1. The van der Waals surface area contributed by atoms with Gasteiger partial charge >= 0.3 is 0 Å². The number of carbonyl (C=O) groups excluding carboxylic acids is 1. The Morgan fingerprint density at radius 1 is 1.13 bits per heavy atom. The second kappa shape index (κ2) is 8.82. The van der Waals surface area contributed by atoms with Crippen LogP contribution in [0.15, 0.2) is 60.7 Å². The molecular formula is C22H18ClFN2O3S2. The maximum absolute atomic E-state index is 13.1. The monoisotopic (exact) mass is 476 g/mol. The summed E-state index contributed by atoms with van der Waals surface area (Å²) in [4.78, 5) is 14.2. The molecule has 0 saturated carbocycles. The van der Waals surface area contributed by atoms with Gasteiger partial charge in [0.05, 0.1) is 22.2 Å². The summed E-state index contributed by atoms with van der Waals surface area (Å²) in [6.45, 7) is 0.409. The molecule has 0 unspecified atom stereocenters. The number of sulfonamides is 1. The molecule has 0 spiro atoms. The molecule has 1 aliphatic rings. The molecule has 31 heavy (non-hydrogen) atoms. The number of nitrogens with zero attached hydrogens (tertiary/aromatic N) is 1. The Bertz CT molecular complexity index is 1250. The fraction of sp³-hybridized carbons (Fsp3) is 0.136. The summed E-state index contributed by atoms with van der Waals surface area (Å²) in [7, 11) is -3.32. The average molecular weight is 477 g/mol. The Balaban J connectivity index is 1.46. The van der Waals surface area contributed by atoms with Crippen molar-refractivity contribution in [2.75, 3.05) is 21.9 Å². The number of hydrogen-bond acceptors (Lipinski definition) is 4. The normalized spacial score (nSPS) is 15.5. The first-order valence-corrected chi connectivity index (χ1v) is 12.3. The molecule has 1 amide bonds. The van der Waals surface area contributed by atoms with Gasteiger partial charge in [0.1, 0.15) is 5.82 Å². The van der Waals surface area contributed by atoms with Crippen LogP contribution in [-0.4, -0.2) is 26.6 Å². The van der Waals surface area contributed by atoms with Crippen molar-refractivity contribution in [3.63, 3.8) is 0 Å². The number of anilines is 2. The lowest BCUT2D eigenvalue weighted by atomic mass is 10.2. The molecule has 0 aliphatic carbocycles. The molecule has 3 aromatic rings. The summed E-state index contributed by atoms with van der Waals surface area (Å²) in [5.41, 5.74) is 1.72. The van der Waals surface area contributed by atoms with E-state index in [0.29, 0.717) is 29.4 Å². The molecule has 2 aromatic carbocycles. The zero-order valence-corrected chi connectivity index (χ0v) is 18.6. The smallest absolute Gasteiger partial charge is 0.248 e. The van der Waals surface area contributed by atoms with E-state index in [4.69, 9.17) is 11.6 Å². The first kappa shape index (κ1) is 21.5. The van der Waals surface area contributed by atoms with Crippen LogP contribution in [0.2, 0.25) is 5.02 Å². The average Bonchev–Trinajstić information content (AvgIpc) is 3.35. The van der Waals surface area contributed by atoms with Gasteiger partial charge in [0.25, 0.3) is 0 Å². The fourth-order valence-electron chi connectivity index (χ4n) is 3.24. The van der Waals surface area contributed by atoms with E-state index in [2.05, 4.69) is 5.32 Å². The van der Waals surface area contributed by atoms with Crippen LogP contribution >= 0.6 is 22.9 Å². The Morgan fingerprint density at radius 2 is 1.90 bits per heavy atom. The Hall–Kier alpha value is -2.68. The number of amides is 1. The van der Waals surface area contributed by atoms with Crippen LogP contribution in [0.25, 0.3) is 16.5 Å². The SMILES string of the molecule is O=C(C=Cc1ccc(-c2ccc(F)cc2)s1)Nc1cc(N2CCCS2(=O)=O)ccc1Cl. The van der Waals surface area contributed by atoms with E-state index in [0.717, 1.165) is 15.3 Å². The lowest BCUT2D eigenvalue weighted by molar-refractivity contribution is -0.111. The van der Waals surface area contributed by atoms with Crippen molar-refractivity contribution in [1.29, 1.82) is 0 Å². The van der Waals surface area contributed by atoms with Crippen molar-refractivity contribution in [2.45, 2.75) is 6.42 Å². The molecule has 1 fully saturated rings. The number of hydrogen-bond donors (Lipinski definition) is 1. The number of benzene rings is 2. The van der Waals surface area contributed by atoms with Crippen molar-refractivity contribution in [3.8, 4) is 10.4 Å². The quantitative estimate of drug-likeness (QED) is 0.501. The van der Waals surface area contributed by atoms with E-state index >= 15 is 0 Å². The second-order valence-corrected chi connectivity index (χ2v) is 10.5. The van der Waals surface area contributed by atoms with Crippen LogP contribution in [0.5, 0.6) is 0 Å². The molecule has 0 bridgehead atoms. The van der Waals surface area contributed by atoms with Gasteiger partial charge in [-0.2, -0.15) is 0 Å². The van der Waals surface area contributed by atoms with Gasteiger partial charge in [-0.25, -0.2) is 12.8 Å². The topological polar surface area (TPSA) is 66.5 Å². The van der Waals surface area contributed by atoms with Gasteiger partial charge in [-0.15, -0.1) is 11.3 Å². The van der Waals surface area contributed by atoms with E-state index in [9.17, 15) is 17.6 Å². The second-order valence-electron chi connectivity index (χ2n) is 6.94. The van der Waals surface area contributed by atoms with Crippen molar-refractivity contribution in [3.05, 3.63) is 76.4 Å². The number of carbonyl (C=O) groups is 1. The highest BCUT2D eigenvalue weighted by Gasteiger charge is 2.28. The van der Waals surface area contributed by atoms with Crippen molar-refractivity contribution in [1.82, 2.24) is 0 Å². The summed E-state index contributed by atoms with van der Waals surface area (Å²) in [5, 5.41) is 3.02. The summed E-state index contributed by atoms with van der Waals surface area (Å²) < 4.78 is 38.7. The lowest BCUT2D eigenvalue weighted by Crippen LogP contribution is -2.25. The molecule has 1 aromatic heterocycles. The van der Waals surface area contributed by atoms with E-state index in [1.165, 1.54) is 33.9 Å². The molecule has 0 radical (unpaired) electrons. The van der Waals surface area contributed by atoms with Gasteiger partial charge in [0.2, 0.25) is 15.9 Å². The molecule has 2 heterocycles. The first-order valence-electron chi connectivity index (χ1n) is 9.47. The predicted octanol–water partition coefficient (Wildman–Crippen LogP) is 5.40. The zero-order valence-electron chi connectivity index (χ0n) is 16.2. The minimum absolute atomic E-state index is 0.112. The van der Waals surface area contributed by atoms with E-state index in [1.54, 1.807) is 36.4 Å². The van der Waals surface area contributed by atoms with Crippen LogP contribution in [0.3, 0.4) is 0 Å². The summed E-state index contributed by atoms with van der Waals surface area (Å²) in [6.07, 6.45) is 3.63. The van der Waals surface area contributed by atoms with E-state index in [1.807, 2.05) is 12.1 Å². The minimum Gasteiger partial charge on any atom is -0.321 e. The molecule has 1 N–H and O–H groups in total. The number of rotatable bonds is 5. The van der Waals surface area contributed by atoms with Crippen LogP contribution < -0.4 is 9.62 Å². The number of halogens is 2. The third-order valence-corrected chi connectivity index (χ3v) is 8.05. The maximum atomic E-state index is 13.1. The third kappa shape index (κ3) is 4.98. The molecule has 1 saturated heterocycles. The van der Waals surface area contributed by atoms with E-state index in [-0.39, 0.29) is 17.5 Å². The predicted molar refractivity (Wildman–Crippen MR) is 125 cm³/mol. The number of thiophene rings is 1. The molecule has 1 aliphatic heterocycles. The van der Waals surface area contributed by atoms with Crippen LogP contribution in [0, 0.1) is 5.82 Å². The van der Waals surface area contributed by atoms with E-state index < -0.39 is 10.0 Å². The largest absolute Gasteiger partial charge is 0.321 e. The van der Waals surface area contributed by atoms with Gasteiger partial charge in [-0.1, -0.05) is 23.7 Å². The van der Waals surface area contributed by atoms with Gasteiger partial charge in [0.15, 0.2) is 0 Å². The Kier molecular flexibility index (Phi) is 6.13. The summed E-state index contributed by atoms with van der Waals surface area (Å²) in [6, 6.07) is 14.8. The Morgan fingerprint density at radius 3 is 2.61 bits per heavy atom. The molecule has 160 valence electrons. The standard InChI is InChI=1S/C22H18ClFN2O3S2/c23-19-9-6-17(26-12-1-13-31(26,28)29)14-20(19)25-22(27)11-8-18-7-10-21(30-18)15-2-4-16(24)5-3-15/h2-11,14H,1,12-13H2,(H,25,27). The molecule has 0 atom stereocenters. The lowest BCUT2D eigenvalue weighted by Gasteiger charge is -2.18. The van der Waals surface area contributed by atoms with Gasteiger partial charge in [-0.05, 0) is 60.5 Å². The molecular weight excluding hydrogens is 459 g/mol. The van der Waals surface area contributed by atoms with Crippen molar-refractivity contribution < 1.29 is 17.6 Å². The van der Waals surface area contributed by atoms with Crippen LogP contribution in [0.4, 0.5) is 15.8 Å². The van der Waals surface area contributed by atoms with Crippen LogP contribution in [-0.2, 0) is 14.8 Å². The zero-order chi connectivity index (χ0) is 22.0. The maximum Gasteiger partial charge on any atom is 0.248 e. The first-order chi connectivity index (χ1) is 14.8. The molecule has 4 rings (SSSR count). The van der Waals surface area contributed by atoms with Crippen molar-refractivity contribution >= 4 is 56.3 Å². The highest BCUT2D eigenvalue weighted by molar-refractivity contribution is 7.93. The van der Waals surface area contributed by atoms with Crippen molar-refractivity contribution in [2.24, 2.45) is 0 Å². The summed E-state index contributed by atoms with van der Waals surface area (Å²) in [5.74, 6) is -0.567.